The van der Waals surface area contributed by atoms with Crippen LogP contribution in [0.1, 0.15) is 31.3 Å². The molecular weight excluding hydrogens is 344 g/mol. The van der Waals surface area contributed by atoms with E-state index in [9.17, 15) is 4.79 Å². The number of Topliss-reactive ketones (excluding diaryl/α,β-unsaturated/α-hetero) is 1. The molecule has 0 radical (unpaired) electrons. The maximum Gasteiger partial charge on any atom is 0.152 e. The molecule has 0 atom stereocenters. The minimum absolute atomic E-state index is 0.133. The number of nitrogens with zero attached hydrogens (tertiary/aromatic N) is 4. The van der Waals surface area contributed by atoms with E-state index in [1.807, 2.05) is 25.1 Å². The maximum absolute atomic E-state index is 12.5. The molecule has 1 aliphatic heterocycles. The van der Waals surface area contributed by atoms with Crippen molar-refractivity contribution in [2.45, 2.75) is 32.6 Å². The summed E-state index contributed by atoms with van der Waals surface area (Å²) in [5.41, 5.74) is 1.49. The van der Waals surface area contributed by atoms with E-state index < -0.39 is 0 Å². The van der Waals surface area contributed by atoms with Gasteiger partial charge in [0.1, 0.15) is 10.0 Å². The molecule has 0 unspecified atom stereocenters. The summed E-state index contributed by atoms with van der Waals surface area (Å²) in [6.07, 6.45) is 5.56. The lowest BCUT2D eigenvalue weighted by atomic mass is 10.1. The zero-order valence-electron chi connectivity index (χ0n) is 15.9. The van der Waals surface area contributed by atoms with Gasteiger partial charge in [-0.25, -0.2) is 0 Å². The largest absolute Gasteiger partial charge is 0.298 e. The Kier molecular flexibility index (Phi) is 4.68. The Morgan fingerprint density at radius 2 is 2.08 bits per heavy atom. The number of carbonyl (C=O) groups is 1. The van der Waals surface area contributed by atoms with Crippen LogP contribution < -0.4 is 0 Å². The van der Waals surface area contributed by atoms with Crippen molar-refractivity contribution in [3.8, 4) is 10.6 Å². The average Bonchev–Trinajstić information content (AvgIpc) is 3.11. The Bertz CT molecular complexity index is 981. The van der Waals surface area contributed by atoms with Gasteiger partial charge in [-0.15, -0.1) is 10.2 Å². The van der Waals surface area contributed by atoms with Gasteiger partial charge in [-0.05, 0) is 50.3 Å². The van der Waals surface area contributed by atoms with Crippen molar-refractivity contribution in [2.75, 3.05) is 19.6 Å². The summed E-state index contributed by atoms with van der Waals surface area (Å²) in [6, 6.07) is 6.22. The summed E-state index contributed by atoms with van der Waals surface area (Å²) >= 11 is 1.53. The highest BCUT2D eigenvalue weighted by Crippen LogP contribution is 2.27. The van der Waals surface area contributed by atoms with Crippen molar-refractivity contribution >= 4 is 27.9 Å². The summed E-state index contributed by atoms with van der Waals surface area (Å²) < 4.78 is 8.56. The molecule has 6 heteroatoms. The minimum Gasteiger partial charge on any atom is -0.298 e. The van der Waals surface area contributed by atoms with E-state index in [-0.39, 0.29) is 12.2 Å². The Labute approximate surface area is 158 Å². The fourth-order valence-corrected chi connectivity index (χ4v) is 4.05. The SMILES string of the molecule is [2H]c1c(CC(=O)CN2CCCCC2)ncc2ccc(-c3nnc(C)s3)cc12. The molecule has 5 nitrogen and oxygen atoms in total. The van der Waals surface area contributed by atoms with Crippen molar-refractivity contribution in [1.82, 2.24) is 20.1 Å². The molecule has 26 heavy (non-hydrogen) atoms. The summed E-state index contributed by atoms with van der Waals surface area (Å²) in [5.74, 6) is 0.133. The molecule has 0 amide bonds. The molecule has 134 valence electrons. The zero-order chi connectivity index (χ0) is 18.8. The Balaban J connectivity index is 1.57. The van der Waals surface area contributed by atoms with Crippen molar-refractivity contribution in [3.05, 3.63) is 41.1 Å². The van der Waals surface area contributed by atoms with Crippen LogP contribution in [-0.4, -0.2) is 45.5 Å². The highest BCUT2D eigenvalue weighted by Gasteiger charge is 2.15. The second-order valence-electron chi connectivity index (χ2n) is 6.81. The van der Waals surface area contributed by atoms with Crippen LogP contribution in [0.5, 0.6) is 0 Å². The van der Waals surface area contributed by atoms with E-state index in [1.165, 1.54) is 30.6 Å². The lowest BCUT2D eigenvalue weighted by molar-refractivity contribution is -0.119. The second-order valence-corrected chi connectivity index (χ2v) is 7.99. The van der Waals surface area contributed by atoms with Crippen LogP contribution in [0.4, 0.5) is 0 Å². The Hall–Kier alpha value is -2.18. The van der Waals surface area contributed by atoms with Crippen molar-refractivity contribution in [2.24, 2.45) is 0 Å². The molecule has 0 N–H and O–H groups in total. The van der Waals surface area contributed by atoms with Gasteiger partial charge in [-0.3, -0.25) is 14.7 Å². The fourth-order valence-electron chi connectivity index (χ4n) is 3.36. The third-order valence-electron chi connectivity index (χ3n) is 4.68. The smallest absolute Gasteiger partial charge is 0.152 e. The first kappa shape index (κ1) is 16.0. The fraction of sp³-hybridized carbons (Fsp3) is 0.400. The number of likely N-dealkylation sites (tertiary alicyclic amines) is 1. The molecule has 1 saturated heterocycles. The van der Waals surface area contributed by atoms with Crippen LogP contribution in [0.2, 0.25) is 0 Å². The van der Waals surface area contributed by atoms with E-state index in [4.69, 9.17) is 1.37 Å². The van der Waals surface area contributed by atoms with E-state index in [1.54, 1.807) is 6.20 Å². The number of aryl methyl sites for hydroxylation is 1. The molecule has 0 bridgehead atoms. The molecule has 3 heterocycles. The summed E-state index contributed by atoms with van der Waals surface area (Å²) in [7, 11) is 0. The standard InChI is InChI=1S/C20H22N4OS/c1-14-22-23-20(26-14)15-5-6-16-12-21-18(10-17(16)9-15)11-19(25)13-24-7-3-2-4-8-24/h5-6,9-10,12H,2-4,7-8,11,13H2,1H3/i10D. The van der Waals surface area contributed by atoms with E-state index >= 15 is 0 Å². The third kappa shape index (κ3) is 3.97. The predicted octanol–water partition coefficient (Wildman–Crippen LogP) is 3.66. The first-order valence-corrected chi connectivity index (χ1v) is 9.84. The number of piperidine rings is 1. The molecule has 2 aromatic heterocycles. The minimum atomic E-state index is 0.133. The Morgan fingerprint density at radius 1 is 1.23 bits per heavy atom. The van der Waals surface area contributed by atoms with Crippen LogP contribution in [0.25, 0.3) is 21.3 Å². The van der Waals surface area contributed by atoms with Crippen molar-refractivity contribution in [3.63, 3.8) is 0 Å². The van der Waals surface area contributed by atoms with Crippen LogP contribution in [0, 0.1) is 6.92 Å². The summed E-state index contributed by atoms with van der Waals surface area (Å²) in [4.78, 5) is 19.1. The quantitative estimate of drug-likeness (QED) is 0.689. The maximum atomic E-state index is 12.5. The van der Waals surface area contributed by atoms with Crippen molar-refractivity contribution < 1.29 is 6.17 Å². The summed E-state index contributed by atoms with van der Waals surface area (Å²) in [5, 5.41) is 11.7. The van der Waals surface area contributed by atoms with Gasteiger partial charge in [0.05, 0.1) is 14.3 Å². The number of hydrogen-bond donors (Lipinski definition) is 0. The van der Waals surface area contributed by atoms with Crippen molar-refractivity contribution in [1.29, 1.82) is 0 Å². The lowest BCUT2D eigenvalue weighted by Gasteiger charge is -2.25. The van der Waals surface area contributed by atoms with Crippen LogP contribution in [-0.2, 0) is 11.2 Å². The van der Waals surface area contributed by atoms with Crippen LogP contribution in [0.15, 0.2) is 30.4 Å². The predicted molar refractivity (Wildman–Crippen MR) is 104 cm³/mol. The molecule has 0 saturated carbocycles. The van der Waals surface area contributed by atoms with Gasteiger partial charge < -0.3 is 0 Å². The molecule has 1 aromatic carbocycles. The van der Waals surface area contributed by atoms with Crippen LogP contribution in [0.3, 0.4) is 0 Å². The first-order valence-electron chi connectivity index (χ1n) is 9.53. The normalized spacial score (nSPS) is 16.0. The number of carbonyl (C=O) groups excluding carboxylic acids is 1. The van der Waals surface area contributed by atoms with Gasteiger partial charge in [0, 0.05) is 22.8 Å². The van der Waals surface area contributed by atoms with Gasteiger partial charge >= 0.3 is 0 Å². The number of hydrogen-bond acceptors (Lipinski definition) is 6. The highest BCUT2D eigenvalue weighted by atomic mass is 32.1. The second kappa shape index (κ2) is 7.60. The van der Waals surface area contributed by atoms with Gasteiger partial charge in [0.15, 0.2) is 5.78 Å². The van der Waals surface area contributed by atoms with Gasteiger partial charge in [-0.1, -0.05) is 29.9 Å². The average molecular weight is 367 g/mol. The number of ketones is 1. The van der Waals surface area contributed by atoms with E-state index in [2.05, 4.69) is 20.1 Å². The Morgan fingerprint density at radius 3 is 2.85 bits per heavy atom. The van der Waals surface area contributed by atoms with Gasteiger partial charge in [0.25, 0.3) is 0 Å². The number of benzene rings is 1. The first-order chi connectivity index (χ1) is 13.1. The van der Waals surface area contributed by atoms with E-state index in [0.29, 0.717) is 18.3 Å². The molecule has 0 spiro atoms. The summed E-state index contributed by atoms with van der Waals surface area (Å²) in [6.45, 7) is 4.38. The molecule has 4 rings (SSSR count). The number of rotatable bonds is 5. The monoisotopic (exact) mass is 367 g/mol. The molecule has 0 aliphatic carbocycles. The topological polar surface area (TPSA) is 59.0 Å². The van der Waals surface area contributed by atoms with Crippen LogP contribution >= 0.6 is 11.3 Å². The molecule has 1 aliphatic rings. The highest BCUT2D eigenvalue weighted by molar-refractivity contribution is 7.14. The van der Waals surface area contributed by atoms with Gasteiger partial charge in [0.2, 0.25) is 0 Å². The molecule has 1 fully saturated rings. The van der Waals surface area contributed by atoms with E-state index in [0.717, 1.165) is 39.4 Å². The molecular formula is C20H22N4OS. The number of aromatic nitrogens is 3. The zero-order valence-corrected chi connectivity index (χ0v) is 15.7. The lowest BCUT2D eigenvalue weighted by Crippen LogP contribution is -2.35. The number of pyridine rings is 1. The third-order valence-corrected chi connectivity index (χ3v) is 5.57. The number of fused-ring (bicyclic) bond motifs is 1. The van der Waals surface area contributed by atoms with Gasteiger partial charge in [-0.2, -0.15) is 0 Å². The molecule has 3 aromatic rings.